The first-order valence-electron chi connectivity index (χ1n) is 11.4. The quantitative estimate of drug-likeness (QED) is 0.565. The second-order valence-electron chi connectivity index (χ2n) is 9.64. The molecule has 0 unspecified atom stereocenters. The van der Waals surface area contributed by atoms with E-state index in [2.05, 4.69) is 27.2 Å². The molecule has 33 heavy (non-hydrogen) atoms. The average molecular weight is 465 g/mol. The third-order valence-corrected chi connectivity index (χ3v) is 7.02. The summed E-state index contributed by atoms with van der Waals surface area (Å²) < 4.78 is 0. The van der Waals surface area contributed by atoms with Crippen LogP contribution in [-0.4, -0.2) is 51.9 Å². The number of piperidine rings is 1. The number of carbonyl (C=O) groups excluding carboxylic acids is 1. The highest BCUT2D eigenvalue weighted by Gasteiger charge is 2.32. The fourth-order valence-corrected chi connectivity index (χ4v) is 4.93. The van der Waals surface area contributed by atoms with E-state index >= 15 is 0 Å². The molecule has 1 aliphatic rings. The maximum atomic E-state index is 12.6. The maximum absolute atomic E-state index is 12.6. The second-order valence-corrected chi connectivity index (χ2v) is 10.7. The van der Waals surface area contributed by atoms with Crippen LogP contribution in [0, 0.1) is 12.3 Å². The number of thiazole rings is 1. The number of aromatic nitrogens is 3. The first-order valence-corrected chi connectivity index (χ1v) is 12.2. The zero-order valence-corrected chi connectivity index (χ0v) is 20.8. The summed E-state index contributed by atoms with van der Waals surface area (Å²) in [6, 6.07) is 10.3. The molecule has 0 bridgehead atoms. The Kier molecular flexibility index (Phi) is 6.65. The number of aryl methyl sites for hydroxylation is 1. The number of nitrogens with one attached hydrogen (secondary N) is 1. The van der Waals surface area contributed by atoms with E-state index in [1.54, 1.807) is 17.5 Å². The Morgan fingerprint density at radius 2 is 1.91 bits per heavy atom. The lowest BCUT2D eigenvalue weighted by molar-refractivity contribution is -0.140. The van der Waals surface area contributed by atoms with Crippen LogP contribution < -0.4 is 10.2 Å². The number of rotatable bonds is 5. The summed E-state index contributed by atoms with van der Waals surface area (Å²) in [6.45, 7) is 9.59. The molecule has 3 aromatic rings. The van der Waals surface area contributed by atoms with Crippen LogP contribution in [0.5, 0.6) is 0 Å². The highest BCUT2D eigenvalue weighted by Crippen LogP contribution is 2.33. The molecule has 0 spiro atoms. The molecule has 1 aliphatic heterocycles. The molecule has 1 amide bonds. The van der Waals surface area contributed by atoms with Gasteiger partial charge in [-0.2, -0.15) is 0 Å². The van der Waals surface area contributed by atoms with Crippen molar-refractivity contribution in [1.29, 1.82) is 0 Å². The van der Waals surface area contributed by atoms with Crippen molar-refractivity contribution < 1.29 is 4.79 Å². The first-order chi connectivity index (χ1) is 15.7. The fourth-order valence-electron chi connectivity index (χ4n) is 4.01. The number of anilines is 3. The Balaban J connectivity index is 1.41. The van der Waals surface area contributed by atoms with E-state index in [1.807, 2.05) is 69.1 Å². The van der Waals surface area contributed by atoms with Crippen LogP contribution in [0.15, 0.2) is 42.7 Å². The topological polar surface area (TPSA) is 74.2 Å². The van der Waals surface area contributed by atoms with Crippen molar-refractivity contribution in [2.75, 3.05) is 30.4 Å². The highest BCUT2D eigenvalue weighted by molar-refractivity contribution is 7.18. The van der Waals surface area contributed by atoms with Gasteiger partial charge in [-0.05, 0) is 49.6 Å². The zero-order chi connectivity index (χ0) is 23.6. The van der Waals surface area contributed by atoms with Gasteiger partial charge in [0.1, 0.15) is 11.6 Å². The minimum Gasteiger partial charge on any atom is -0.348 e. The number of hydrogen-bond donors (Lipinski definition) is 1. The molecular formula is C25H32N6OS. The highest BCUT2D eigenvalue weighted by atomic mass is 32.1. The standard InChI is InChI=1S/C25H32N6OS/c1-17-9-12-26-22(15-17)29-21-8-6-7-19(28-21)20-16-27-24(33-20)30(5)18-10-13-31(14-11-18)23(32)25(2,3)4/h6-9,12,15-16,18H,10-11,13-14H2,1-5H3,(H,26,28,29). The van der Waals surface area contributed by atoms with Crippen molar-refractivity contribution in [1.82, 2.24) is 19.9 Å². The molecular weight excluding hydrogens is 432 g/mol. The molecule has 174 valence electrons. The van der Waals surface area contributed by atoms with Gasteiger partial charge in [-0.25, -0.2) is 15.0 Å². The third-order valence-electron chi connectivity index (χ3n) is 5.91. The largest absolute Gasteiger partial charge is 0.348 e. The van der Waals surface area contributed by atoms with Crippen molar-refractivity contribution in [3.63, 3.8) is 0 Å². The normalized spacial score (nSPS) is 14.9. The molecule has 7 nitrogen and oxygen atoms in total. The molecule has 4 heterocycles. The number of nitrogens with zero attached hydrogens (tertiary/aromatic N) is 5. The SMILES string of the molecule is Cc1ccnc(Nc2cccc(-c3cnc(N(C)C4CCN(C(=O)C(C)(C)C)CC4)s3)n2)c1. The van der Waals surface area contributed by atoms with E-state index < -0.39 is 0 Å². The van der Waals surface area contributed by atoms with Crippen molar-refractivity contribution in [2.24, 2.45) is 5.41 Å². The zero-order valence-electron chi connectivity index (χ0n) is 20.0. The molecule has 0 atom stereocenters. The molecule has 1 fully saturated rings. The third kappa shape index (κ3) is 5.50. The lowest BCUT2D eigenvalue weighted by atomic mass is 9.93. The van der Waals surface area contributed by atoms with Crippen molar-refractivity contribution in [2.45, 2.75) is 46.6 Å². The van der Waals surface area contributed by atoms with Crippen LogP contribution in [0.1, 0.15) is 39.2 Å². The van der Waals surface area contributed by atoms with Gasteiger partial charge in [-0.1, -0.05) is 38.2 Å². The number of likely N-dealkylation sites (tertiary alicyclic amines) is 1. The molecule has 3 aromatic heterocycles. The van der Waals surface area contributed by atoms with Crippen LogP contribution >= 0.6 is 11.3 Å². The summed E-state index contributed by atoms with van der Waals surface area (Å²) in [4.78, 5) is 31.7. The van der Waals surface area contributed by atoms with Gasteiger partial charge >= 0.3 is 0 Å². The minimum atomic E-state index is -0.325. The van der Waals surface area contributed by atoms with Gasteiger partial charge in [-0.15, -0.1) is 0 Å². The molecule has 0 aliphatic carbocycles. The Bertz CT molecular complexity index is 1110. The van der Waals surface area contributed by atoms with Crippen LogP contribution in [0.3, 0.4) is 0 Å². The number of amides is 1. The minimum absolute atomic E-state index is 0.237. The van der Waals surface area contributed by atoms with Gasteiger partial charge in [0.2, 0.25) is 5.91 Å². The summed E-state index contributed by atoms with van der Waals surface area (Å²) in [7, 11) is 2.10. The predicted octanol–water partition coefficient (Wildman–Crippen LogP) is 5.13. The molecule has 4 rings (SSSR count). The number of pyridine rings is 2. The van der Waals surface area contributed by atoms with E-state index in [9.17, 15) is 4.79 Å². The first kappa shape index (κ1) is 23.2. The van der Waals surface area contributed by atoms with Crippen molar-refractivity contribution in [3.05, 3.63) is 48.3 Å². The van der Waals surface area contributed by atoms with Crippen molar-refractivity contribution >= 4 is 34.0 Å². The summed E-state index contributed by atoms with van der Waals surface area (Å²) in [5.41, 5.74) is 1.71. The number of hydrogen-bond acceptors (Lipinski definition) is 7. The molecule has 8 heteroatoms. The Morgan fingerprint density at radius 1 is 1.15 bits per heavy atom. The molecule has 1 saturated heterocycles. The van der Waals surface area contributed by atoms with E-state index in [-0.39, 0.29) is 11.3 Å². The monoisotopic (exact) mass is 464 g/mol. The summed E-state index contributed by atoms with van der Waals surface area (Å²) in [5, 5.41) is 4.26. The van der Waals surface area contributed by atoms with E-state index in [1.165, 1.54) is 0 Å². The predicted molar refractivity (Wildman–Crippen MR) is 135 cm³/mol. The molecule has 0 radical (unpaired) electrons. The van der Waals surface area contributed by atoms with Gasteiger partial charge in [0.05, 0.1) is 10.6 Å². The number of carbonyl (C=O) groups is 1. The van der Waals surface area contributed by atoms with Crippen LogP contribution in [0.25, 0.3) is 10.6 Å². The Morgan fingerprint density at radius 3 is 2.61 bits per heavy atom. The van der Waals surface area contributed by atoms with Crippen LogP contribution in [0.2, 0.25) is 0 Å². The van der Waals surface area contributed by atoms with E-state index in [0.29, 0.717) is 6.04 Å². The summed E-state index contributed by atoms with van der Waals surface area (Å²) in [5.74, 6) is 1.77. The van der Waals surface area contributed by atoms with Gasteiger partial charge in [0.15, 0.2) is 5.13 Å². The lowest BCUT2D eigenvalue weighted by Gasteiger charge is -2.38. The molecule has 0 saturated carbocycles. The summed E-state index contributed by atoms with van der Waals surface area (Å²) in [6.07, 6.45) is 5.59. The van der Waals surface area contributed by atoms with E-state index in [4.69, 9.17) is 4.98 Å². The van der Waals surface area contributed by atoms with Gasteiger partial charge in [0, 0.05) is 44.0 Å². The van der Waals surface area contributed by atoms with Gasteiger partial charge < -0.3 is 15.1 Å². The Labute approximate surface area is 199 Å². The Hall–Kier alpha value is -3.00. The maximum Gasteiger partial charge on any atom is 0.227 e. The van der Waals surface area contributed by atoms with Gasteiger partial charge in [0.25, 0.3) is 0 Å². The molecule has 1 N–H and O–H groups in total. The fraction of sp³-hybridized carbons (Fsp3) is 0.440. The lowest BCUT2D eigenvalue weighted by Crippen LogP contribution is -2.48. The van der Waals surface area contributed by atoms with Gasteiger partial charge in [-0.3, -0.25) is 4.79 Å². The second kappa shape index (κ2) is 9.47. The van der Waals surface area contributed by atoms with Crippen LogP contribution in [0.4, 0.5) is 16.8 Å². The molecule has 0 aromatic carbocycles. The average Bonchev–Trinajstić information content (AvgIpc) is 3.28. The van der Waals surface area contributed by atoms with E-state index in [0.717, 1.165) is 58.8 Å². The summed E-state index contributed by atoms with van der Waals surface area (Å²) >= 11 is 1.64. The smallest absolute Gasteiger partial charge is 0.227 e. The van der Waals surface area contributed by atoms with Crippen LogP contribution in [-0.2, 0) is 4.79 Å². The van der Waals surface area contributed by atoms with Crippen molar-refractivity contribution in [3.8, 4) is 10.6 Å².